The third-order valence-corrected chi connectivity index (χ3v) is 4.77. The fraction of sp³-hybridized carbons (Fsp3) is 0.611. The molecule has 3 nitrogen and oxygen atoms in total. The van der Waals surface area contributed by atoms with Gasteiger partial charge in [0.05, 0.1) is 11.0 Å². The molecule has 0 atom stereocenters. The third kappa shape index (κ3) is 2.66. The zero-order valence-corrected chi connectivity index (χ0v) is 13.9. The van der Waals surface area contributed by atoms with Crippen molar-refractivity contribution in [3.8, 4) is 0 Å². The highest BCUT2D eigenvalue weighted by Gasteiger charge is 2.39. The molecule has 1 aromatic heterocycles. The lowest BCUT2D eigenvalue weighted by molar-refractivity contribution is 0.0746. The molecule has 1 fully saturated rings. The second-order valence-electron chi connectivity index (χ2n) is 8.40. The first kappa shape index (κ1) is 14.4. The Kier molecular flexibility index (Phi) is 3.09. The SMILES string of the molecule is Cc1ccc2c(c1)nc(N)n2C1CC(C)(C)CC(C)(C)C1. The molecule has 0 aliphatic heterocycles. The number of aryl methyl sites for hydroxylation is 1. The number of benzene rings is 1. The van der Waals surface area contributed by atoms with E-state index in [0.717, 1.165) is 5.52 Å². The predicted octanol–water partition coefficient (Wildman–Crippen LogP) is 4.70. The van der Waals surface area contributed by atoms with E-state index < -0.39 is 0 Å². The summed E-state index contributed by atoms with van der Waals surface area (Å²) in [4.78, 5) is 4.59. The summed E-state index contributed by atoms with van der Waals surface area (Å²) in [5.41, 5.74) is 10.4. The van der Waals surface area contributed by atoms with Gasteiger partial charge in [-0.05, 0) is 54.7 Å². The maximum absolute atomic E-state index is 6.26. The minimum Gasteiger partial charge on any atom is -0.369 e. The van der Waals surface area contributed by atoms with Gasteiger partial charge in [0.2, 0.25) is 5.95 Å². The van der Waals surface area contributed by atoms with E-state index in [9.17, 15) is 0 Å². The van der Waals surface area contributed by atoms with Crippen molar-refractivity contribution in [1.29, 1.82) is 0 Å². The molecule has 3 rings (SSSR count). The first-order chi connectivity index (χ1) is 9.67. The molecule has 1 saturated carbocycles. The number of imidazole rings is 1. The van der Waals surface area contributed by atoms with Gasteiger partial charge in [0.1, 0.15) is 0 Å². The molecule has 1 heterocycles. The molecule has 0 amide bonds. The lowest BCUT2D eigenvalue weighted by Gasteiger charge is -2.45. The van der Waals surface area contributed by atoms with Crippen LogP contribution in [0, 0.1) is 17.8 Å². The second-order valence-corrected chi connectivity index (χ2v) is 8.40. The zero-order valence-electron chi connectivity index (χ0n) is 13.9. The molecule has 0 saturated heterocycles. The number of nitrogens with two attached hydrogens (primary N) is 1. The van der Waals surface area contributed by atoms with Crippen LogP contribution in [-0.2, 0) is 0 Å². The number of nitrogen functional groups attached to an aromatic ring is 1. The molecule has 1 aromatic carbocycles. The maximum atomic E-state index is 6.26. The minimum atomic E-state index is 0.347. The Morgan fingerprint density at radius 2 is 1.76 bits per heavy atom. The average molecular weight is 285 g/mol. The summed E-state index contributed by atoms with van der Waals surface area (Å²) in [6.45, 7) is 11.6. The van der Waals surface area contributed by atoms with E-state index in [2.05, 4.69) is 62.4 Å². The van der Waals surface area contributed by atoms with Gasteiger partial charge in [-0.1, -0.05) is 33.8 Å². The minimum absolute atomic E-state index is 0.347. The van der Waals surface area contributed by atoms with Gasteiger partial charge in [-0.15, -0.1) is 0 Å². The van der Waals surface area contributed by atoms with Crippen molar-refractivity contribution in [3.05, 3.63) is 23.8 Å². The monoisotopic (exact) mass is 285 g/mol. The van der Waals surface area contributed by atoms with Crippen molar-refractivity contribution >= 4 is 17.0 Å². The van der Waals surface area contributed by atoms with Crippen molar-refractivity contribution < 1.29 is 0 Å². The second kappa shape index (κ2) is 4.49. The first-order valence-corrected chi connectivity index (χ1v) is 7.91. The maximum Gasteiger partial charge on any atom is 0.201 e. The van der Waals surface area contributed by atoms with E-state index in [1.54, 1.807) is 0 Å². The average Bonchev–Trinajstić information content (AvgIpc) is 2.59. The summed E-state index contributed by atoms with van der Waals surface area (Å²) >= 11 is 0. The highest BCUT2D eigenvalue weighted by atomic mass is 15.2. The van der Waals surface area contributed by atoms with Crippen LogP contribution in [0.15, 0.2) is 18.2 Å². The van der Waals surface area contributed by atoms with Gasteiger partial charge in [0, 0.05) is 6.04 Å². The number of fused-ring (bicyclic) bond motifs is 1. The number of hydrogen-bond donors (Lipinski definition) is 1. The van der Waals surface area contributed by atoms with Crippen LogP contribution >= 0.6 is 0 Å². The number of aromatic nitrogens is 2. The Balaban J connectivity index is 2.09. The van der Waals surface area contributed by atoms with Crippen LogP contribution < -0.4 is 5.73 Å². The van der Waals surface area contributed by atoms with Gasteiger partial charge >= 0.3 is 0 Å². The molecule has 0 radical (unpaired) electrons. The molecule has 114 valence electrons. The van der Waals surface area contributed by atoms with Crippen molar-refractivity contribution in [1.82, 2.24) is 9.55 Å². The van der Waals surface area contributed by atoms with Crippen LogP contribution in [0.1, 0.15) is 58.6 Å². The molecular weight excluding hydrogens is 258 g/mol. The highest BCUT2D eigenvalue weighted by Crippen LogP contribution is 2.51. The van der Waals surface area contributed by atoms with Crippen LogP contribution in [0.5, 0.6) is 0 Å². The Bertz CT molecular complexity index is 663. The van der Waals surface area contributed by atoms with Crippen LogP contribution in [-0.4, -0.2) is 9.55 Å². The first-order valence-electron chi connectivity index (χ1n) is 7.91. The Labute approximate surface area is 127 Å². The Hall–Kier alpha value is -1.51. The fourth-order valence-corrected chi connectivity index (χ4v) is 4.58. The summed E-state index contributed by atoms with van der Waals surface area (Å²) in [6, 6.07) is 6.89. The van der Waals surface area contributed by atoms with Crippen molar-refractivity contribution in [2.45, 2.75) is 59.9 Å². The molecule has 0 unspecified atom stereocenters. The van der Waals surface area contributed by atoms with Crippen molar-refractivity contribution in [3.63, 3.8) is 0 Å². The number of rotatable bonds is 1. The molecule has 2 N–H and O–H groups in total. The third-order valence-electron chi connectivity index (χ3n) is 4.77. The molecule has 1 aliphatic rings. The molecule has 1 aliphatic carbocycles. The Morgan fingerprint density at radius 1 is 1.14 bits per heavy atom. The van der Waals surface area contributed by atoms with E-state index in [4.69, 9.17) is 5.73 Å². The molecule has 0 bridgehead atoms. The summed E-state index contributed by atoms with van der Waals surface area (Å²) in [5, 5.41) is 0. The zero-order chi connectivity index (χ0) is 15.4. The molecule has 3 heteroatoms. The summed E-state index contributed by atoms with van der Waals surface area (Å²) in [6.07, 6.45) is 3.60. The normalized spacial score (nSPS) is 21.8. The van der Waals surface area contributed by atoms with Crippen LogP contribution in [0.4, 0.5) is 5.95 Å². The van der Waals surface area contributed by atoms with Gasteiger partial charge in [-0.2, -0.15) is 0 Å². The fourth-order valence-electron chi connectivity index (χ4n) is 4.58. The van der Waals surface area contributed by atoms with Gasteiger partial charge in [-0.25, -0.2) is 4.98 Å². The van der Waals surface area contributed by atoms with Gasteiger partial charge in [-0.3, -0.25) is 0 Å². The van der Waals surface area contributed by atoms with Crippen LogP contribution in [0.25, 0.3) is 11.0 Å². The predicted molar refractivity (Wildman–Crippen MR) is 89.3 cm³/mol. The van der Waals surface area contributed by atoms with E-state index in [0.29, 0.717) is 22.8 Å². The van der Waals surface area contributed by atoms with E-state index >= 15 is 0 Å². The number of hydrogen-bond acceptors (Lipinski definition) is 2. The van der Waals surface area contributed by atoms with Gasteiger partial charge in [0.25, 0.3) is 0 Å². The smallest absolute Gasteiger partial charge is 0.201 e. The van der Waals surface area contributed by atoms with Gasteiger partial charge < -0.3 is 10.3 Å². The quantitative estimate of drug-likeness (QED) is 0.825. The molecule has 0 spiro atoms. The standard InChI is InChI=1S/C18H27N3/c1-12-6-7-15-14(8-12)20-16(19)21(15)13-9-17(2,3)11-18(4,5)10-13/h6-8,13H,9-11H2,1-5H3,(H2,19,20). The van der Waals surface area contributed by atoms with Crippen LogP contribution in [0.3, 0.4) is 0 Å². The molecule has 2 aromatic rings. The van der Waals surface area contributed by atoms with Crippen molar-refractivity contribution in [2.75, 3.05) is 5.73 Å². The van der Waals surface area contributed by atoms with E-state index in [1.807, 2.05) is 0 Å². The summed E-state index contributed by atoms with van der Waals surface area (Å²) < 4.78 is 2.28. The molecule has 21 heavy (non-hydrogen) atoms. The van der Waals surface area contributed by atoms with E-state index in [-0.39, 0.29) is 0 Å². The lowest BCUT2D eigenvalue weighted by Crippen LogP contribution is -2.35. The van der Waals surface area contributed by atoms with E-state index in [1.165, 1.54) is 30.3 Å². The largest absolute Gasteiger partial charge is 0.369 e. The lowest BCUT2D eigenvalue weighted by atomic mass is 9.63. The van der Waals surface area contributed by atoms with Crippen molar-refractivity contribution in [2.24, 2.45) is 10.8 Å². The molecular formula is C18H27N3. The highest BCUT2D eigenvalue weighted by molar-refractivity contribution is 5.79. The van der Waals surface area contributed by atoms with Crippen LogP contribution in [0.2, 0.25) is 0 Å². The summed E-state index contributed by atoms with van der Waals surface area (Å²) in [7, 11) is 0. The topological polar surface area (TPSA) is 43.8 Å². The summed E-state index contributed by atoms with van der Waals surface area (Å²) in [5.74, 6) is 0.661. The number of nitrogens with zero attached hydrogens (tertiary/aromatic N) is 2. The number of anilines is 1. The van der Waals surface area contributed by atoms with Gasteiger partial charge in [0.15, 0.2) is 0 Å². The Morgan fingerprint density at radius 3 is 2.38 bits per heavy atom.